The normalized spacial score (nSPS) is 16.5. The fraction of sp³-hybridized carbons (Fsp3) is 0.200. The fourth-order valence-electron chi connectivity index (χ4n) is 3.94. The van der Waals surface area contributed by atoms with E-state index in [1.54, 1.807) is 60.7 Å². The number of nitrogens with zero attached hydrogens (tertiary/aromatic N) is 2. The van der Waals surface area contributed by atoms with Crippen LogP contribution >= 0.6 is 11.6 Å². The van der Waals surface area contributed by atoms with Crippen molar-refractivity contribution in [2.24, 2.45) is 5.10 Å². The average molecular weight is 493 g/mol. The van der Waals surface area contributed by atoms with Crippen molar-refractivity contribution in [3.63, 3.8) is 0 Å². The Morgan fingerprint density at radius 2 is 1.65 bits per heavy atom. The van der Waals surface area contributed by atoms with Crippen LogP contribution in [0.1, 0.15) is 35.3 Å². The van der Waals surface area contributed by atoms with E-state index in [2.05, 4.69) is 5.10 Å². The van der Waals surface area contributed by atoms with E-state index >= 15 is 0 Å². The Hall–Kier alpha value is -3.26. The molecule has 3 aromatic rings. The maximum absolute atomic E-state index is 14.2. The van der Waals surface area contributed by atoms with Gasteiger partial charge in [-0.3, -0.25) is 9.80 Å². The minimum Gasteiger partial charge on any atom is -0.294 e. The molecule has 0 radical (unpaired) electrons. The molecule has 34 heavy (non-hydrogen) atoms. The van der Waals surface area contributed by atoms with Gasteiger partial charge >= 0.3 is 12.1 Å². The van der Waals surface area contributed by atoms with Crippen LogP contribution in [0.15, 0.2) is 77.9 Å². The molecule has 0 bridgehead atoms. The molecule has 4 rings (SSSR count). The molecule has 0 saturated heterocycles. The van der Waals surface area contributed by atoms with Crippen molar-refractivity contribution in [3.05, 3.63) is 88.9 Å². The molecule has 0 spiro atoms. The highest BCUT2D eigenvalue weighted by Gasteiger charge is 2.62. The summed E-state index contributed by atoms with van der Waals surface area (Å²) in [5.74, 6) is -5.25. The predicted molar refractivity (Wildman–Crippen MR) is 122 cm³/mol. The number of benzene rings is 3. The van der Waals surface area contributed by atoms with Crippen LogP contribution in [0.25, 0.3) is 11.1 Å². The highest BCUT2D eigenvalue weighted by Crippen LogP contribution is 2.46. The summed E-state index contributed by atoms with van der Waals surface area (Å²) < 4.78 is 67.9. The summed E-state index contributed by atoms with van der Waals surface area (Å²) in [4.78, 5) is 12.1. The SMILES string of the molecule is CC(=O)c1ccccc1-c1cccc(C2CC(C(F)(F)C(F)(F)F)=NN2c2ccccc2Cl)c1. The Morgan fingerprint density at radius 3 is 2.32 bits per heavy atom. The van der Waals surface area contributed by atoms with Gasteiger partial charge in [-0.25, -0.2) is 0 Å². The van der Waals surface area contributed by atoms with E-state index in [1.807, 2.05) is 0 Å². The Labute approximate surface area is 197 Å². The van der Waals surface area contributed by atoms with Gasteiger partial charge in [0.25, 0.3) is 0 Å². The second kappa shape index (κ2) is 8.83. The van der Waals surface area contributed by atoms with Crippen molar-refractivity contribution < 1.29 is 26.7 Å². The number of Topliss-reactive ketones (excluding diaryl/α,β-unsaturated/α-hetero) is 1. The van der Waals surface area contributed by atoms with Gasteiger partial charge in [0.15, 0.2) is 5.78 Å². The third kappa shape index (κ3) is 4.30. The highest BCUT2D eigenvalue weighted by atomic mass is 35.5. The number of para-hydroxylation sites is 1. The van der Waals surface area contributed by atoms with E-state index in [0.29, 0.717) is 22.3 Å². The minimum absolute atomic E-state index is 0.157. The van der Waals surface area contributed by atoms with Crippen LogP contribution in [0.3, 0.4) is 0 Å². The van der Waals surface area contributed by atoms with Crippen molar-refractivity contribution in [1.82, 2.24) is 0 Å². The molecule has 0 aromatic heterocycles. The third-order valence-corrected chi connectivity index (χ3v) is 5.94. The van der Waals surface area contributed by atoms with E-state index in [1.165, 1.54) is 19.1 Å². The van der Waals surface area contributed by atoms with Crippen LogP contribution in [-0.2, 0) is 0 Å². The second-order valence-corrected chi connectivity index (χ2v) is 8.27. The molecule has 0 fully saturated rings. The summed E-state index contributed by atoms with van der Waals surface area (Å²) in [6.45, 7) is 1.43. The van der Waals surface area contributed by atoms with Crippen LogP contribution in [0.4, 0.5) is 27.6 Å². The van der Waals surface area contributed by atoms with Gasteiger partial charge in [-0.05, 0) is 41.8 Å². The standard InChI is InChI=1S/C25H18ClF5N2O/c1-15(34)18-9-2-3-10-19(18)16-7-6-8-17(13-16)22-14-23(24(27,28)25(29,30)31)32-33(22)21-12-5-4-11-20(21)26/h2-13,22H,14H2,1H3. The molecule has 9 heteroatoms. The lowest BCUT2D eigenvalue weighted by Gasteiger charge is -2.25. The lowest BCUT2D eigenvalue weighted by molar-refractivity contribution is -0.249. The third-order valence-electron chi connectivity index (χ3n) is 5.62. The Balaban J connectivity index is 1.82. The molecule has 0 amide bonds. The van der Waals surface area contributed by atoms with Gasteiger partial charge in [0, 0.05) is 12.0 Å². The molecule has 3 nitrogen and oxygen atoms in total. The monoisotopic (exact) mass is 492 g/mol. The van der Waals surface area contributed by atoms with Gasteiger partial charge in [0.05, 0.1) is 16.8 Å². The van der Waals surface area contributed by atoms with Gasteiger partial charge in [0.1, 0.15) is 5.71 Å². The zero-order valence-corrected chi connectivity index (χ0v) is 18.5. The van der Waals surface area contributed by atoms with Crippen molar-refractivity contribution in [2.45, 2.75) is 31.5 Å². The number of alkyl halides is 5. The molecule has 0 N–H and O–H groups in total. The molecular weight excluding hydrogens is 475 g/mol. The van der Waals surface area contributed by atoms with E-state index < -0.39 is 30.3 Å². The van der Waals surface area contributed by atoms with Gasteiger partial charge in [0.2, 0.25) is 0 Å². The number of halogens is 6. The average Bonchev–Trinajstić information content (AvgIpc) is 3.25. The van der Waals surface area contributed by atoms with Crippen LogP contribution in [-0.4, -0.2) is 23.6 Å². The lowest BCUT2D eigenvalue weighted by Crippen LogP contribution is -2.43. The molecule has 0 aliphatic carbocycles. The number of hydrazone groups is 1. The van der Waals surface area contributed by atoms with E-state index in [9.17, 15) is 26.7 Å². The molecule has 176 valence electrons. The number of ketones is 1. The van der Waals surface area contributed by atoms with Gasteiger partial charge in [-0.2, -0.15) is 27.1 Å². The Bertz CT molecular complexity index is 1270. The van der Waals surface area contributed by atoms with Gasteiger partial charge in [-0.1, -0.05) is 66.2 Å². The largest absolute Gasteiger partial charge is 0.459 e. The number of hydrogen-bond donors (Lipinski definition) is 0. The number of rotatable bonds is 5. The summed E-state index contributed by atoms with van der Waals surface area (Å²) in [6, 6.07) is 18.8. The molecule has 1 heterocycles. The van der Waals surface area contributed by atoms with Gasteiger partial charge < -0.3 is 0 Å². The van der Waals surface area contributed by atoms with E-state index in [4.69, 9.17) is 11.6 Å². The predicted octanol–water partition coefficient (Wildman–Crippen LogP) is 7.71. The fourth-order valence-corrected chi connectivity index (χ4v) is 4.16. The lowest BCUT2D eigenvalue weighted by atomic mass is 9.93. The molecule has 3 aromatic carbocycles. The number of carbonyl (C=O) groups excluding carboxylic acids is 1. The van der Waals surface area contributed by atoms with Crippen LogP contribution in [0.5, 0.6) is 0 Å². The van der Waals surface area contributed by atoms with Crippen molar-refractivity contribution in [1.29, 1.82) is 0 Å². The first-order valence-corrected chi connectivity index (χ1v) is 10.6. The molecule has 0 saturated carbocycles. The summed E-state index contributed by atoms with van der Waals surface area (Å²) >= 11 is 6.23. The molecule has 1 aliphatic heterocycles. The zero-order chi connectivity index (χ0) is 24.7. The molecule has 1 atom stereocenters. The van der Waals surface area contributed by atoms with Crippen molar-refractivity contribution >= 4 is 28.8 Å². The molecule has 1 unspecified atom stereocenters. The van der Waals surface area contributed by atoms with E-state index in [0.717, 1.165) is 5.01 Å². The van der Waals surface area contributed by atoms with Crippen LogP contribution in [0.2, 0.25) is 5.02 Å². The number of hydrogen-bond acceptors (Lipinski definition) is 3. The maximum atomic E-state index is 14.2. The smallest absolute Gasteiger partial charge is 0.294 e. The molecular formula is C25H18ClF5N2O. The minimum atomic E-state index is -5.78. The van der Waals surface area contributed by atoms with Crippen molar-refractivity contribution in [2.75, 3.05) is 5.01 Å². The first kappa shape index (κ1) is 23.9. The first-order valence-electron chi connectivity index (χ1n) is 10.3. The highest BCUT2D eigenvalue weighted by molar-refractivity contribution is 6.33. The quantitative estimate of drug-likeness (QED) is 0.270. The number of anilines is 1. The van der Waals surface area contributed by atoms with E-state index in [-0.39, 0.29) is 16.5 Å². The molecule has 1 aliphatic rings. The summed E-state index contributed by atoms with van der Waals surface area (Å²) in [6.07, 6.45) is -6.44. The van der Waals surface area contributed by atoms with Gasteiger partial charge in [-0.15, -0.1) is 0 Å². The van der Waals surface area contributed by atoms with Crippen LogP contribution < -0.4 is 5.01 Å². The number of carbonyl (C=O) groups is 1. The first-order chi connectivity index (χ1) is 16.0. The maximum Gasteiger partial charge on any atom is 0.459 e. The Morgan fingerprint density at radius 1 is 0.971 bits per heavy atom. The zero-order valence-electron chi connectivity index (χ0n) is 17.8. The topological polar surface area (TPSA) is 32.7 Å². The summed E-state index contributed by atoms with van der Waals surface area (Å²) in [7, 11) is 0. The van der Waals surface area contributed by atoms with Crippen LogP contribution in [0, 0.1) is 0 Å². The Kier molecular flexibility index (Phi) is 6.20. The second-order valence-electron chi connectivity index (χ2n) is 7.86. The summed E-state index contributed by atoms with van der Waals surface area (Å²) in [5, 5.41) is 4.97. The van der Waals surface area contributed by atoms with Crippen molar-refractivity contribution in [3.8, 4) is 11.1 Å². The summed E-state index contributed by atoms with van der Waals surface area (Å²) in [5.41, 5.74) is 1.08.